The second-order valence-electron chi connectivity index (χ2n) is 4.10. The number of Topliss-reactive ketones (excluding diaryl/α,β-unsaturated/α-hetero) is 1. The van der Waals surface area contributed by atoms with E-state index in [0.717, 1.165) is 13.0 Å². The topological polar surface area (TPSA) is 70.6 Å². The summed E-state index contributed by atoms with van der Waals surface area (Å²) in [7, 11) is 0. The van der Waals surface area contributed by atoms with Gasteiger partial charge in [-0.1, -0.05) is 0 Å². The Balaban J connectivity index is 2.02. The highest BCUT2D eigenvalue weighted by molar-refractivity contribution is 6.42. The molecule has 0 atom stereocenters. The van der Waals surface area contributed by atoms with Crippen molar-refractivity contribution in [3.63, 3.8) is 0 Å². The molecule has 0 spiro atoms. The Kier molecular flexibility index (Phi) is 3.72. The van der Waals surface area contributed by atoms with Crippen LogP contribution in [-0.4, -0.2) is 30.6 Å². The summed E-state index contributed by atoms with van der Waals surface area (Å²) in [5.41, 5.74) is 1.28. The van der Waals surface area contributed by atoms with Gasteiger partial charge in [0.1, 0.15) is 0 Å². The van der Waals surface area contributed by atoms with Gasteiger partial charge in [-0.25, -0.2) is 0 Å². The molecule has 1 aromatic carbocycles. The number of rotatable bonds is 3. The number of hydrogen-bond acceptors (Lipinski definition) is 4. The third-order valence-corrected chi connectivity index (χ3v) is 2.66. The number of carbonyl (C=O) groups is 2. The van der Waals surface area contributed by atoms with Gasteiger partial charge in [-0.3, -0.25) is 14.6 Å². The molecule has 1 aromatic rings. The summed E-state index contributed by atoms with van der Waals surface area (Å²) in [6, 6.07) is 6.79. The molecule has 5 nitrogen and oxygen atoms in total. The van der Waals surface area contributed by atoms with Crippen molar-refractivity contribution in [2.24, 2.45) is 4.99 Å². The first kappa shape index (κ1) is 12.3. The summed E-state index contributed by atoms with van der Waals surface area (Å²) in [4.78, 5) is 27.0. The van der Waals surface area contributed by atoms with Gasteiger partial charge in [0.25, 0.3) is 5.91 Å². The quantitative estimate of drug-likeness (QED) is 0.786. The zero-order valence-corrected chi connectivity index (χ0v) is 10.2. The molecule has 2 rings (SSSR count). The number of nitrogens with one attached hydrogen (secondary N) is 2. The number of hydrogen-bond donors (Lipinski definition) is 2. The number of amides is 1. The normalized spacial score (nSPS) is 14.4. The smallest absolute Gasteiger partial charge is 0.290 e. The molecule has 1 amide bonds. The molecule has 1 aliphatic rings. The Morgan fingerprint density at radius 2 is 2.00 bits per heavy atom. The molecule has 0 saturated heterocycles. The molecule has 18 heavy (non-hydrogen) atoms. The van der Waals surface area contributed by atoms with Crippen LogP contribution < -0.4 is 10.6 Å². The molecule has 0 aromatic heterocycles. The van der Waals surface area contributed by atoms with Crippen LogP contribution in [0.4, 0.5) is 5.69 Å². The number of ketones is 1. The van der Waals surface area contributed by atoms with Gasteiger partial charge in [-0.05, 0) is 37.6 Å². The molecular formula is C13H15N3O2. The van der Waals surface area contributed by atoms with Gasteiger partial charge in [-0.15, -0.1) is 0 Å². The number of carbonyl (C=O) groups excluding carboxylic acids is 2. The molecule has 0 saturated carbocycles. The lowest BCUT2D eigenvalue weighted by Gasteiger charge is -2.14. The van der Waals surface area contributed by atoms with Crippen molar-refractivity contribution < 1.29 is 9.59 Å². The average Bonchev–Trinajstić information content (AvgIpc) is 2.40. The first-order chi connectivity index (χ1) is 8.66. The monoisotopic (exact) mass is 245 g/mol. The minimum absolute atomic E-state index is 0.00574. The fourth-order valence-corrected chi connectivity index (χ4v) is 1.66. The summed E-state index contributed by atoms with van der Waals surface area (Å²) in [5, 5.41) is 5.69. The Hall–Kier alpha value is -2.17. The van der Waals surface area contributed by atoms with Gasteiger partial charge < -0.3 is 10.6 Å². The number of amidine groups is 1. The molecule has 1 aliphatic heterocycles. The Morgan fingerprint density at radius 1 is 1.28 bits per heavy atom. The SMILES string of the molecule is CC(=O)c1ccc(NC(=O)C2=NCCCN2)cc1. The van der Waals surface area contributed by atoms with Crippen LogP contribution in [0.5, 0.6) is 0 Å². The Bertz CT molecular complexity index is 491. The fourth-order valence-electron chi connectivity index (χ4n) is 1.66. The minimum atomic E-state index is -0.245. The van der Waals surface area contributed by atoms with Gasteiger partial charge in [0.15, 0.2) is 11.6 Å². The summed E-state index contributed by atoms with van der Waals surface area (Å²) in [6.45, 7) is 2.96. The highest BCUT2D eigenvalue weighted by Gasteiger charge is 2.13. The maximum atomic E-state index is 11.8. The van der Waals surface area contributed by atoms with E-state index in [0.29, 0.717) is 23.6 Å². The van der Waals surface area contributed by atoms with Crippen molar-refractivity contribution in [1.82, 2.24) is 5.32 Å². The van der Waals surface area contributed by atoms with Gasteiger partial charge >= 0.3 is 0 Å². The number of nitrogens with zero attached hydrogens (tertiary/aromatic N) is 1. The second-order valence-corrected chi connectivity index (χ2v) is 4.10. The van der Waals surface area contributed by atoms with E-state index in [1.807, 2.05) is 0 Å². The van der Waals surface area contributed by atoms with Crippen molar-refractivity contribution in [2.75, 3.05) is 18.4 Å². The van der Waals surface area contributed by atoms with Crippen LogP contribution >= 0.6 is 0 Å². The fraction of sp³-hybridized carbons (Fsp3) is 0.308. The summed E-state index contributed by atoms with van der Waals surface area (Å²) < 4.78 is 0. The van der Waals surface area contributed by atoms with Crippen LogP contribution in [0, 0.1) is 0 Å². The summed E-state index contributed by atoms with van der Waals surface area (Å²) in [6.07, 6.45) is 0.949. The number of aliphatic imine (C=N–C) groups is 1. The van der Waals surface area contributed by atoms with Crippen LogP contribution in [0.3, 0.4) is 0 Å². The van der Waals surface area contributed by atoms with Crippen molar-refractivity contribution >= 4 is 23.2 Å². The third-order valence-electron chi connectivity index (χ3n) is 2.66. The van der Waals surface area contributed by atoms with Crippen molar-refractivity contribution in [2.45, 2.75) is 13.3 Å². The number of benzene rings is 1. The van der Waals surface area contributed by atoms with Gasteiger partial charge in [-0.2, -0.15) is 0 Å². The van der Waals surface area contributed by atoms with E-state index in [-0.39, 0.29) is 11.7 Å². The maximum absolute atomic E-state index is 11.8. The lowest BCUT2D eigenvalue weighted by atomic mass is 10.1. The second kappa shape index (κ2) is 5.44. The Morgan fingerprint density at radius 3 is 2.56 bits per heavy atom. The van der Waals surface area contributed by atoms with E-state index in [1.165, 1.54) is 6.92 Å². The summed E-state index contributed by atoms with van der Waals surface area (Å²) >= 11 is 0. The third kappa shape index (κ3) is 2.94. The molecule has 1 heterocycles. The highest BCUT2D eigenvalue weighted by Crippen LogP contribution is 2.10. The first-order valence-electron chi connectivity index (χ1n) is 5.87. The zero-order chi connectivity index (χ0) is 13.0. The van der Waals surface area contributed by atoms with Gasteiger partial charge in [0.05, 0.1) is 0 Å². The van der Waals surface area contributed by atoms with Gasteiger partial charge in [0.2, 0.25) is 0 Å². The van der Waals surface area contributed by atoms with Crippen molar-refractivity contribution in [3.8, 4) is 0 Å². The van der Waals surface area contributed by atoms with Crippen LogP contribution in [0.2, 0.25) is 0 Å². The van der Waals surface area contributed by atoms with Gasteiger partial charge in [0, 0.05) is 24.3 Å². The minimum Gasteiger partial charge on any atom is -0.366 e. The molecule has 0 aliphatic carbocycles. The molecule has 5 heteroatoms. The molecule has 0 bridgehead atoms. The number of anilines is 1. The van der Waals surface area contributed by atoms with E-state index in [1.54, 1.807) is 24.3 Å². The van der Waals surface area contributed by atoms with E-state index in [9.17, 15) is 9.59 Å². The van der Waals surface area contributed by atoms with Crippen LogP contribution in [0.15, 0.2) is 29.3 Å². The molecule has 0 radical (unpaired) electrons. The van der Waals surface area contributed by atoms with E-state index >= 15 is 0 Å². The van der Waals surface area contributed by atoms with Crippen molar-refractivity contribution in [3.05, 3.63) is 29.8 Å². The standard InChI is InChI=1S/C13H15N3O2/c1-9(17)10-3-5-11(6-4-10)16-13(18)12-14-7-2-8-15-12/h3-6H,2,7-8H2,1H3,(H,14,15)(H,16,18). The lowest BCUT2D eigenvalue weighted by molar-refractivity contribution is -0.110. The zero-order valence-electron chi connectivity index (χ0n) is 10.2. The first-order valence-corrected chi connectivity index (χ1v) is 5.87. The maximum Gasteiger partial charge on any atom is 0.290 e. The van der Waals surface area contributed by atoms with E-state index in [2.05, 4.69) is 15.6 Å². The molecule has 2 N–H and O–H groups in total. The van der Waals surface area contributed by atoms with E-state index in [4.69, 9.17) is 0 Å². The largest absolute Gasteiger partial charge is 0.366 e. The molecule has 0 unspecified atom stereocenters. The Labute approximate surface area is 105 Å². The van der Waals surface area contributed by atoms with Crippen LogP contribution in [0.1, 0.15) is 23.7 Å². The molecule has 0 fully saturated rings. The van der Waals surface area contributed by atoms with Crippen molar-refractivity contribution in [1.29, 1.82) is 0 Å². The molecule has 94 valence electrons. The van der Waals surface area contributed by atoms with Crippen LogP contribution in [0.25, 0.3) is 0 Å². The lowest BCUT2D eigenvalue weighted by Crippen LogP contribution is -2.39. The predicted octanol–water partition coefficient (Wildman–Crippen LogP) is 1.22. The highest BCUT2D eigenvalue weighted by atomic mass is 16.2. The molecular weight excluding hydrogens is 230 g/mol. The van der Waals surface area contributed by atoms with E-state index < -0.39 is 0 Å². The average molecular weight is 245 g/mol. The predicted molar refractivity (Wildman–Crippen MR) is 70.0 cm³/mol. The van der Waals surface area contributed by atoms with Crippen LogP contribution in [-0.2, 0) is 4.79 Å². The summed E-state index contributed by atoms with van der Waals surface area (Å²) in [5.74, 6) is 0.133.